The molecule has 0 amide bonds. The van der Waals surface area contributed by atoms with Crippen molar-refractivity contribution >= 4 is 16.5 Å². The fraction of sp³-hybridized carbons (Fsp3) is 0.769. The highest BCUT2D eigenvalue weighted by Gasteiger charge is 2.30. The molecule has 0 atom stereocenters. The smallest absolute Gasteiger partial charge is 0.185 e. The van der Waals surface area contributed by atoms with Crippen molar-refractivity contribution < 1.29 is 4.74 Å². The molecular formula is C13H23N3OS. The maximum absolute atomic E-state index is 5.16. The number of thiazole rings is 1. The fourth-order valence-corrected chi connectivity index (χ4v) is 3.29. The van der Waals surface area contributed by atoms with Crippen LogP contribution < -0.4 is 10.2 Å². The Morgan fingerprint density at radius 3 is 2.83 bits per heavy atom. The molecule has 0 radical (unpaired) electrons. The van der Waals surface area contributed by atoms with Gasteiger partial charge < -0.3 is 15.0 Å². The van der Waals surface area contributed by atoms with E-state index >= 15 is 0 Å². The van der Waals surface area contributed by atoms with Gasteiger partial charge in [-0.05, 0) is 26.8 Å². The summed E-state index contributed by atoms with van der Waals surface area (Å²) in [6.07, 6.45) is 2.62. The van der Waals surface area contributed by atoms with E-state index in [2.05, 4.69) is 17.1 Å². The number of likely N-dealkylation sites (N-methyl/N-ethyl adjacent to an activating group) is 1. The second-order valence-corrected chi connectivity index (χ2v) is 5.74. The molecule has 0 aliphatic heterocycles. The summed E-state index contributed by atoms with van der Waals surface area (Å²) < 4.78 is 5.16. The van der Waals surface area contributed by atoms with E-state index in [0.717, 1.165) is 37.3 Å². The lowest BCUT2D eigenvalue weighted by atomic mass is 10.2. The normalized spacial score (nSPS) is 15.1. The summed E-state index contributed by atoms with van der Waals surface area (Å²) in [5.74, 6) is 0.722. The topological polar surface area (TPSA) is 37.4 Å². The molecule has 1 aliphatic carbocycles. The molecule has 1 N–H and O–H groups in total. The fourth-order valence-electron chi connectivity index (χ4n) is 2.04. The lowest BCUT2D eigenvalue weighted by Gasteiger charge is -2.18. The van der Waals surface area contributed by atoms with Crippen molar-refractivity contribution in [2.45, 2.75) is 32.2 Å². The van der Waals surface area contributed by atoms with Crippen LogP contribution >= 0.6 is 11.3 Å². The van der Waals surface area contributed by atoms with E-state index in [9.17, 15) is 0 Å². The predicted octanol–water partition coefficient (Wildman–Crippen LogP) is 2.21. The molecule has 0 aromatic carbocycles. The van der Waals surface area contributed by atoms with E-state index in [1.54, 1.807) is 7.11 Å². The van der Waals surface area contributed by atoms with Crippen molar-refractivity contribution in [3.05, 3.63) is 10.6 Å². The van der Waals surface area contributed by atoms with E-state index in [-0.39, 0.29) is 0 Å². The lowest BCUT2D eigenvalue weighted by Crippen LogP contribution is -2.26. The third kappa shape index (κ3) is 3.22. The number of nitrogens with zero attached hydrogens (tertiary/aromatic N) is 2. The van der Waals surface area contributed by atoms with Crippen LogP contribution in [0.4, 0.5) is 5.13 Å². The third-order valence-corrected chi connectivity index (χ3v) is 4.37. The first-order valence-electron chi connectivity index (χ1n) is 6.68. The Morgan fingerprint density at radius 1 is 1.50 bits per heavy atom. The quantitative estimate of drug-likeness (QED) is 0.785. The van der Waals surface area contributed by atoms with E-state index in [1.165, 1.54) is 23.4 Å². The van der Waals surface area contributed by atoms with Gasteiger partial charge in [0.15, 0.2) is 5.13 Å². The SMILES string of the molecule is CCN(CCOC)c1nc(C2CC2)c(CNC)s1. The van der Waals surface area contributed by atoms with Crippen molar-refractivity contribution in [3.8, 4) is 0 Å². The van der Waals surface area contributed by atoms with E-state index in [0.29, 0.717) is 0 Å². The lowest BCUT2D eigenvalue weighted by molar-refractivity contribution is 0.205. The van der Waals surface area contributed by atoms with Gasteiger partial charge in [0.25, 0.3) is 0 Å². The molecule has 0 spiro atoms. The number of anilines is 1. The molecule has 0 bridgehead atoms. The highest BCUT2D eigenvalue weighted by atomic mass is 32.1. The average Bonchev–Trinajstić information content (AvgIpc) is 3.14. The van der Waals surface area contributed by atoms with Gasteiger partial charge in [-0.25, -0.2) is 4.98 Å². The Bertz CT molecular complexity index is 376. The molecule has 5 heteroatoms. The van der Waals surface area contributed by atoms with Crippen LogP contribution in [0.25, 0.3) is 0 Å². The monoisotopic (exact) mass is 269 g/mol. The van der Waals surface area contributed by atoms with E-state index in [4.69, 9.17) is 9.72 Å². The minimum absolute atomic E-state index is 0.722. The van der Waals surface area contributed by atoms with E-state index in [1.807, 2.05) is 18.4 Å². The molecule has 2 rings (SSSR count). The van der Waals surface area contributed by atoms with Gasteiger partial charge >= 0.3 is 0 Å². The second kappa shape index (κ2) is 6.50. The Labute approximate surface area is 113 Å². The van der Waals surface area contributed by atoms with Crippen LogP contribution in [0.15, 0.2) is 0 Å². The first kappa shape index (κ1) is 13.8. The Hall–Kier alpha value is -0.650. The zero-order valence-electron chi connectivity index (χ0n) is 11.5. The highest BCUT2D eigenvalue weighted by Crippen LogP contribution is 2.44. The van der Waals surface area contributed by atoms with Crippen LogP contribution in [-0.2, 0) is 11.3 Å². The summed E-state index contributed by atoms with van der Waals surface area (Å²) in [5.41, 5.74) is 1.33. The molecule has 1 aromatic heterocycles. The summed E-state index contributed by atoms with van der Waals surface area (Å²) in [6, 6.07) is 0. The minimum atomic E-state index is 0.722. The Morgan fingerprint density at radius 2 is 2.28 bits per heavy atom. The molecule has 1 saturated carbocycles. The number of nitrogens with one attached hydrogen (secondary N) is 1. The number of ether oxygens (including phenoxy) is 1. The summed E-state index contributed by atoms with van der Waals surface area (Å²) in [6.45, 7) is 5.77. The summed E-state index contributed by atoms with van der Waals surface area (Å²) in [7, 11) is 3.75. The molecule has 0 unspecified atom stereocenters. The minimum Gasteiger partial charge on any atom is -0.383 e. The van der Waals surface area contributed by atoms with Gasteiger partial charge in [0.05, 0.1) is 12.3 Å². The van der Waals surface area contributed by atoms with Crippen LogP contribution in [0.3, 0.4) is 0 Å². The van der Waals surface area contributed by atoms with Gasteiger partial charge in [-0.1, -0.05) is 0 Å². The molecule has 102 valence electrons. The van der Waals surface area contributed by atoms with Crippen LogP contribution in [-0.4, -0.2) is 38.8 Å². The van der Waals surface area contributed by atoms with Crippen molar-refractivity contribution in [2.75, 3.05) is 38.8 Å². The number of aromatic nitrogens is 1. The maximum Gasteiger partial charge on any atom is 0.185 e. The van der Waals surface area contributed by atoms with Gasteiger partial charge in [-0.15, -0.1) is 11.3 Å². The number of methoxy groups -OCH3 is 1. The second-order valence-electron chi connectivity index (χ2n) is 4.68. The average molecular weight is 269 g/mol. The zero-order chi connectivity index (χ0) is 13.0. The Balaban J connectivity index is 2.13. The van der Waals surface area contributed by atoms with E-state index < -0.39 is 0 Å². The van der Waals surface area contributed by atoms with Gasteiger partial charge in [0.1, 0.15) is 0 Å². The van der Waals surface area contributed by atoms with Crippen molar-refractivity contribution in [1.82, 2.24) is 10.3 Å². The predicted molar refractivity (Wildman–Crippen MR) is 76.6 cm³/mol. The molecule has 1 heterocycles. The zero-order valence-corrected chi connectivity index (χ0v) is 12.3. The molecule has 18 heavy (non-hydrogen) atoms. The largest absolute Gasteiger partial charge is 0.383 e. The molecular weight excluding hydrogens is 246 g/mol. The molecule has 0 saturated heterocycles. The number of hydrogen-bond acceptors (Lipinski definition) is 5. The number of rotatable bonds is 8. The summed E-state index contributed by atoms with van der Waals surface area (Å²) in [5, 5.41) is 4.40. The summed E-state index contributed by atoms with van der Waals surface area (Å²) >= 11 is 1.83. The standard InChI is InChI=1S/C13H23N3OS/c1-4-16(7-8-17-3)13-15-12(10-5-6-10)11(18-13)9-14-2/h10,14H,4-9H2,1-3H3. The molecule has 1 aromatic rings. The number of hydrogen-bond donors (Lipinski definition) is 1. The first-order chi connectivity index (χ1) is 8.80. The van der Waals surface area contributed by atoms with Gasteiger partial charge in [0.2, 0.25) is 0 Å². The maximum atomic E-state index is 5.16. The van der Waals surface area contributed by atoms with Gasteiger partial charge in [0, 0.05) is 37.5 Å². The van der Waals surface area contributed by atoms with Crippen LogP contribution in [0.2, 0.25) is 0 Å². The van der Waals surface area contributed by atoms with Gasteiger partial charge in [-0.3, -0.25) is 0 Å². The van der Waals surface area contributed by atoms with Crippen molar-refractivity contribution in [2.24, 2.45) is 0 Å². The summed E-state index contributed by atoms with van der Waals surface area (Å²) in [4.78, 5) is 8.58. The highest BCUT2D eigenvalue weighted by molar-refractivity contribution is 7.15. The molecule has 4 nitrogen and oxygen atoms in total. The van der Waals surface area contributed by atoms with Gasteiger partial charge in [-0.2, -0.15) is 0 Å². The molecule has 1 aliphatic rings. The molecule has 1 fully saturated rings. The van der Waals surface area contributed by atoms with Crippen LogP contribution in [0.1, 0.15) is 36.3 Å². The van der Waals surface area contributed by atoms with Crippen LogP contribution in [0.5, 0.6) is 0 Å². The Kier molecular flexibility index (Phi) is 4.97. The van der Waals surface area contributed by atoms with Crippen molar-refractivity contribution in [3.63, 3.8) is 0 Å². The third-order valence-electron chi connectivity index (χ3n) is 3.24. The first-order valence-corrected chi connectivity index (χ1v) is 7.49. The van der Waals surface area contributed by atoms with Crippen molar-refractivity contribution in [1.29, 1.82) is 0 Å². The van der Waals surface area contributed by atoms with Crippen LogP contribution in [0, 0.1) is 0 Å².